The Kier molecular flexibility index (Phi) is 6.96. The predicted octanol–water partition coefficient (Wildman–Crippen LogP) is 4.73. The van der Waals surface area contributed by atoms with Crippen molar-refractivity contribution in [2.75, 3.05) is 11.5 Å². The van der Waals surface area contributed by atoms with Crippen LogP contribution in [0.25, 0.3) is 5.76 Å². The second kappa shape index (κ2) is 10.3. The lowest BCUT2D eigenvalue weighted by molar-refractivity contribution is -0.136. The van der Waals surface area contributed by atoms with Crippen LogP contribution in [0.1, 0.15) is 36.1 Å². The molecule has 0 bridgehead atoms. The summed E-state index contributed by atoms with van der Waals surface area (Å²) in [6, 6.07) is 21.4. The van der Waals surface area contributed by atoms with Crippen molar-refractivity contribution in [1.82, 2.24) is 0 Å². The van der Waals surface area contributed by atoms with Gasteiger partial charge in [-0.15, -0.1) is 0 Å². The molecule has 4 rings (SSSR count). The highest BCUT2D eigenvalue weighted by molar-refractivity contribution is 6.51. The lowest BCUT2D eigenvalue weighted by atomic mass is 9.95. The van der Waals surface area contributed by atoms with E-state index in [2.05, 4.69) is 0 Å². The van der Waals surface area contributed by atoms with Gasteiger partial charge in [-0.25, -0.2) is 0 Å². The zero-order valence-electron chi connectivity index (χ0n) is 19.2. The second-order valence-electron chi connectivity index (χ2n) is 8.19. The Balaban J connectivity index is 1.82. The van der Waals surface area contributed by atoms with E-state index in [9.17, 15) is 19.5 Å². The molecule has 0 aromatic heterocycles. The van der Waals surface area contributed by atoms with Crippen molar-refractivity contribution in [2.45, 2.75) is 25.8 Å². The third-order valence-corrected chi connectivity index (χ3v) is 5.71. The third kappa shape index (κ3) is 4.94. The van der Waals surface area contributed by atoms with Crippen molar-refractivity contribution in [1.29, 1.82) is 0 Å². The molecule has 7 nitrogen and oxygen atoms in total. The molecule has 1 unspecified atom stereocenters. The van der Waals surface area contributed by atoms with E-state index in [0.717, 1.165) is 6.42 Å². The number of benzene rings is 3. The molecule has 2 N–H and O–H groups in total. The Bertz CT molecular complexity index is 1280. The van der Waals surface area contributed by atoms with Crippen LogP contribution >= 0.6 is 0 Å². The standard InChI is InChI=1S/C28H25NO6/c1-2-15-35-22-10-6-9-20(17-22)26(32)24-25(19-7-4-3-5-8-19)29(28(34)27(24)33)21-13-11-18(12-14-21)16-23(30)31/h3-14,17,25,32H,2,15-16H2,1H3,(H,30,31)/b26-24-. The second-order valence-corrected chi connectivity index (χ2v) is 8.19. The first kappa shape index (κ1) is 23.8. The van der Waals surface area contributed by atoms with Crippen LogP contribution in [-0.4, -0.2) is 34.5 Å². The number of Topliss-reactive ketones (excluding diaryl/α,β-unsaturated/α-hetero) is 1. The van der Waals surface area contributed by atoms with Crippen LogP contribution in [0.15, 0.2) is 84.4 Å². The highest BCUT2D eigenvalue weighted by atomic mass is 16.5. The number of aliphatic hydroxyl groups is 1. The Morgan fingerprint density at radius 3 is 2.31 bits per heavy atom. The van der Waals surface area contributed by atoms with Crippen molar-refractivity contribution < 1.29 is 29.3 Å². The van der Waals surface area contributed by atoms with Crippen LogP contribution in [0.5, 0.6) is 5.75 Å². The molecule has 1 fully saturated rings. The number of aliphatic hydroxyl groups excluding tert-OH is 1. The largest absolute Gasteiger partial charge is 0.507 e. The zero-order chi connectivity index (χ0) is 24.9. The van der Waals surface area contributed by atoms with Crippen molar-refractivity contribution in [3.8, 4) is 5.75 Å². The van der Waals surface area contributed by atoms with E-state index >= 15 is 0 Å². The molecule has 178 valence electrons. The molecular weight excluding hydrogens is 446 g/mol. The maximum atomic E-state index is 13.2. The lowest BCUT2D eigenvalue weighted by Gasteiger charge is -2.25. The fourth-order valence-electron chi connectivity index (χ4n) is 4.11. The average Bonchev–Trinajstić information content (AvgIpc) is 3.13. The van der Waals surface area contributed by atoms with Gasteiger partial charge in [-0.1, -0.05) is 61.5 Å². The van der Waals surface area contributed by atoms with Crippen molar-refractivity contribution in [3.63, 3.8) is 0 Å². The van der Waals surface area contributed by atoms with Crippen LogP contribution in [-0.2, 0) is 20.8 Å². The highest BCUT2D eigenvalue weighted by Crippen LogP contribution is 2.42. The van der Waals surface area contributed by atoms with E-state index in [1.807, 2.05) is 13.0 Å². The van der Waals surface area contributed by atoms with Gasteiger partial charge in [0.25, 0.3) is 11.7 Å². The summed E-state index contributed by atoms with van der Waals surface area (Å²) in [4.78, 5) is 38.8. The Morgan fingerprint density at radius 2 is 1.66 bits per heavy atom. The van der Waals surface area contributed by atoms with Crippen LogP contribution in [0, 0.1) is 0 Å². The molecule has 1 amide bonds. The number of ketones is 1. The first-order chi connectivity index (χ1) is 16.9. The minimum absolute atomic E-state index is 0.0246. The molecule has 1 heterocycles. The average molecular weight is 472 g/mol. The van der Waals surface area contributed by atoms with Crippen LogP contribution < -0.4 is 9.64 Å². The lowest BCUT2D eigenvalue weighted by Crippen LogP contribution is -2.29. The first-order valence-electron chi connectivity index (χ1n) is 11.3. The van der Waals surface area contributed by atoms with Crippen molar-refractivity contribution in [2.24, 2.45) is 0 Å². The normalized spacial score (nSPS) is 16.9. The number of amides is 1. The van der Waals surface area contributed by atoms with Gasteiger partial charge in [0.1, 0.15) is 11.5 Å². The minimum atomic E-state index is -0.965. The number of ether oxygens (including phenoxy) is 1. The van der Waals surface area contributed by atoms with Gasteiger partial charge in [0.15, 0.2) is 0 Å². The number of aliphatic carboxylic acids is 1. The molecule has 0 aliphatic carbocycles. The highest BCUT2D eigenvalue weighted by Gasteiger charge is 2.46. The van der Waals surface area contributed by atoms with Gasteiger partial charge in [0, 0.05) is 11.3 Å². The summed E-state index contributed by atoms with van der Waals surface area (Å²) in [5, 5.41) is 20.3. The molecule has 1 aliphatic heterocycles. The molecule has 1 saturated heterocycles. The number of nitrogens with zero attached hydrogens (tertiary/aromatic N) is 1. The van der Waals surface area contributed by atoms with E-state index in [0.29, 0.717) is 34.7 Å². The number of carbonyl (C=O) groups excluding carboxylic acids is 2. The van der Waals surface area contributed by atoms with Gasteiger partial charge in [0.05, 0.1) is 24.6 Å². The Morgan fingerprint density at radius 1 is 0.943 bits per heavy atom. The quantitative estimate of drug-likeness (QED) is 0.280. The molecule has 7 heteroatoms. The number of hydrogen-bond donors (Lipinski definition) is 2. The molecule has 3 aromatic carbocycles. The smallest absolute Gasteiger partial charge is 0.307 e. The number of carboxylic acids is 1. The predicted molar refractivity (Wildman–Crippen MR) is 131 cm³/mol. The molecule has 0 saturated carbocycles. The summed E-state index contributed by atoms with van der Waals surface area (Å²) in [7, 11) is 0. The number of rotatable bonds is 8. The third-order valence-electron chi connectivity index (χ3n) is 5.71. The van der Waals surface area contributed by atoms with E-state index in [1.165, 1.54) is 4.90 Å². The van der Waals surface area contributed by atoms with Crippen molar-refractivity contribution >= 4 is 29.1 Å². The Labute approximate surface area is 202 Å². The van der Waals surface area contributed by atoms with Gasteiger partial charge in [-0.05, 0) is 41.8 Å². The number of anilines is 1. The van der Waals surface area contributed by atoms with Crippen LogP contribution in [0.2, 0.25) is 0 Å². The van der Waals surface area contributed by atoms with Gasteiger partial charge < -0.3 is 14.9 Å². The van der Waals surface area contributed by atoms with E-state index in [-0.39, 0.29) is 17.8 Å². The SMILES string of the molecule is CCCOc1cccc(/C(O)=C2/C(=O)C(=O)N(c3ccc(CC(=O)O)cc3)C2c2ccccc2)c1. The van der Waals surface area contributed by atoms with E-state index in [1.54, 1.807) is 72.8 Å². The molecule has 35 heavy (non-hydrogen) atoms. The van der Waals surface area contributed by atoms with Crippen molar-refractivity contribution in [3.05, 3.63) is 101 Å². The molecule has 1 atom stereocenters. The molecule has 0 radical (unpaired) electrons. The van der Waals surface area contributed by atoms with Gasteiger partial charge in [0.2, 0.25) is 0 Å². The maximum Gasteiger partial charge on any atom is 0.307 e. The number of carbonyl (C=O) groups is 3. The van der Waals surface area contributed by atoms with Gasteiger partial charge >= 0.3 is 5.97 Å². The summed E-state index contributed by atoms with van der Waals surface area (Å²) in [6.07, 6.45) is 0.665. The molecule has 1 aliphatic rings. The van der Waals surface area contributed by atoms with Crippen LogP contribution in [0.3, 0.4) is 0 Å². The molecular formula is C28H25NO6. The molecule has 3 aromatic rings. The van der Waals surface area contributed by atoms with E-state index < -0.39 is 23.7 Å². The van der Waals surface area contributed by atoms with Gasteiger partial charge in [-0.2, -0.15) is 0 Å². The fraction of sp³-hybridized carbons (Fsp3) is 0.179. The Hall–Kier alpha value is -4.39. The minimum Gasteiger partial charge on any atom is -0.507 e. The summed E-state index contributed by atoms with van der Waals surface area (Å²) >= 11 is 0. The molecule has 0 spiro atoms. The van der Waals surface area contributed by atoms with E-state index in [4.69, 9.17) is 9.84 Å². The maximum absolute atomic E-state index is 13.2. The summed E-state index contributed by atoms with van der Waals surface area (Å²) < 4.78 is 5.66. The summed E-state index contributed by atoms with van der Waals surface area (Å²) in [5.74, 6) is -2.28. The topological polar surface area (TPSA) is 104 Å². The monoisotopic (exact) mass is 471 g/mol. The number of carboxylic acid groups (broad SMARTS) is 1. The zero-order valence-corrected chi connectivity index (χ0v) is 19.2. The van der Waals surface area contributed by atoms with Gasteiger partial charge in [-0.3, -0.25) is 19.3 Å². The first-order valence-corrected chi connectivity index (χ1v) is 11.3. The summed E-state index contributed by atoms with van der Waals surface area (Å²) in [6.45, 7) is 2.50. The number of hydrogen-bond acceptors (Lipinski definition) is 5. The van der Waals surface area contributed by atoms with Crippen LogP contribution in [0.4, 0.5) is 5.69 Å². The fourth-order valence-corrected chi connectivity index (χ4v) is 4.11. The summed E-state index contributed by atoms with van der Waals surface area (Å²) in [5.41, 5.74) is 1.99.